The van der Waals surface area contributed by atoms with Gasteiger partial charge in [0, 0.05) is 18.0 Å². The van der Waals surface area contributed by atoms with Crippen molar-refractivity contribution in [1.29, 1.82) is 0 Å². The number of nitrogens with zero attached hydrogens (tertiary/aromatic N) is 2. The Morgan fingerprint density at radius 3 is 2.56 bits per heavy atom. The van der Waals surface area contributed by atoms with Crippen LogP contribution < -0.4 is 4.90 Å². The molecule has 2 nitrogen and oxygen atoms in total. The first-order chi connectivity index (χ1) is 8.54. The van der Waals surface area contributed by atoms with Gasteiger partial charge in [-0.1, -0.05) is 0 Å². The Hall–Kier alpha value is -1.16. The van der Waals surface area contributed by atoms with Gasteiger partial charge in [0.05, 0.1) is 9.99 Å². The fourth-order valence-corrected chi connectivity index (χ4v) is 2.52. The van der Waals surface area contributed by atoms with Crippen LogP contribution in [0.3, 0.4) is 0 Å². The van der Waals surface area contributed by atoms with Crippen LogP contribution >= 0.6 is 15.9 Å². The average Bonchev–Trinajstić information content (AvgIpc) is 2.35. The van der Waals surface area contributed by atoms with Gasteiger partial charge in [0.25, 0.3) is 0 Å². The summed E-state index contributed by atoms with van der Waals surface area (Å²) in [6.45, 7) is 7.21. The van der Waals surface area contributed by atoms with Gasteiger partial charge in [-0.2, -0.15) is 0 Å². The van der Waals surface area contributed by atoms with Crippen LogP contribution in [-0.4, -0.2) is 17.6 Å². The van der Waals surface area contributed by atoms with Crippen molar-refractivity contribution in [1.82, 2.24) is 4.98 Å². The second-order valence-corrected chi connectivity index (χ2v) is 5.28. The highest BCUT2D eigenvalue weighted by Crippen LogP contribution is 2.27. The largest absolute Gasteiger partial charge is 0.354 e. The van der Waals surface area contributed by atoms with Crippen LogP contribution in [0.5, 0.6) is 0 Å². The maximum absolute atomic E-state index is 13.5. The van der Waals surface area contributed by atoms with E-state index < -0.39 is 0 Å². The summed E-state index contributed by atoms with van der Waals surface area (Å²) in [4.78, 5) is 6.74. The van der Waals surface area contributed by atoms with Crippen molar-refractivity contribution >= 4 is 32.7 Å². The van der Waals surface area contributed by atoms with Gasteiger partial charge in [0.15, 0.2) is 0 Å². The van der Waals surface area contributed by atoms with Gasteiger partial charge >= 0.3 is 0 Å². The molecule has 0 radical (unpaired) electrons. The molecule has 18 heavy (non-hydrogen) atoms. The maximum atomic E-state index is 13.5. The van der Waals surface area contributed by atoms with Crippen LogP contribution in [0.15, 0.2) is 28.7 Å². The smallest absolute Gasteiger partial charge is 0.139 e. The van der Waals surface area contributed by atoms with Crippen molar-refractivity contribution in [3.63, 3.8) is 0 Å². The van der Waals surface area contributed by atoms with Crippen molar-refractivity contribution in [3.05, 3.63) is 34.6 Å². The van der Waals surface area contributed by atoms with Crippen LogP contribution in [0.1, 0.15) is 20.8 Å². The number of aromatic nitrogens is 1. The number of fused-ring (bicyclic) bond motifs is 1. The van der Waals surface area contributed by atoms with E-state index >= 15 is 0 Å². The van der Waals surface area contributed by atoms with E-state index in [9.17, 15) is 4.39 Å². The van der Waals surface area contributed by atoms with Crippen molar-refractivity contribution in [2.24, 2.45) is 0 Å². The summed E-state index contributed by atoms with van der Waals surface area (Å²) in [5.41, 5.74) is 0.673. The Labute approximate surface area is 115 Å². The van der Waals surface area contributed by atoms with Crippen LogP contribution in [0, 0.1) is 5.82 Å². The minimum Gasteiger partial charge on any atom is -0.354 e. The van der Waals surface area contributed by atoms with E-state index in [1.54, 1.807) is 6.07 Å². The molecular formula is C14H16BrFN2. The highest BCUT2D eigenvalue weighted by atomic mass is 79.9. The lowest BCUT2D eigenvalue weighted by Crippen LogP contribution is -2.31. The van der Waals surface area contributed by atoms with E-state index in [1.165, 1.54) is 6.07 Å². The molecular weight excluding hydrogens is 295 g/mol. The molecule has 0 atom stereocenters. The summed E-state index contributed by atoms with van der Waals surface area (Å²) in [7, 11) is 0. The van der Waals surface area contributed by atoms with E-state index in [4.69, 9.17) is 0 Å². The summed E-state index contributed by atoms with van der Waals surface area (Å²) >= 11 is 3.27. The zero-order chi connectivity index (χ0) is 13.3. The van der Waals surface area contributed by atoms with E-state index in [0.717, 1.165) is 17.7 Å². The summed E-state index contributed by atoms with van der Waals surface area (Å²) in [6.07, 6.45) is 0. The monoisotopic (exact) mass is 310 g/mol. The van der Waals surface area contributed by atoms with Crippen LogP contribution in [0.2, 0.25) is 0 Å². The molecule has 0 saturated heterocycles. The maximum Gasteiger partial charge on any atom is 0.139 e. The highest BCUT2D eigenvalue weighted by molar-refractivity contribution is 9.10. The molecule has 0 N–H and O–H groups in total. The van der Waals surface area contributed by atoms with Gasteiger partial charge in [-0.25, -0.2) is 9.37 Å². The third-order valence-corrected chi connectivity index (χ3v) is 3.75. The number of hydrogen-bond donors (Lipinski definition) is 0. The van der Waals surface area contributed by atoms with E-state index in [1.807, 2.05) is 12.1 Å². The molecule has 1 aromatic heterocycles. The molecule has 0 bridgehead atoms. The molecule has 0 unspecified atom stereocenters. The molecule has 96 valence electrons. The first-order valence-electron chi connectivity index (χ1n) is 6.06. The van der Waals surface area contributed by atoms with E-state index in [-0.39, 0.29) is 5.82 Å². The summed E-state index contributed by atoms with van der Waals surface area (Å²) < 4.78 is 14.0. The third kappa shape index (κ3) is 2.34. The normalized spacial score (nSPS) is 11.2. The molecule has 0 amide bonds. The quantitative estimate of drug-likeness (QED) is 0.836. The van der Waals surface area contributed by atoms with Gasteiger partial charge in [-0.3, -0.25) is 0 Å². The van der Waals surface area contributed by atoms with Gasteiger partial charge in [0.1, 0.15) is 11.6 Å². The topological polar surface area (TPSA) is 16.1 Å². The zero-order valence-electron chi connectivity index (χ0n) is 10.7. The fraction of sp³-hybridized carbons (Fsp3) is 0.357. The lowest BCUT2D eigenvalue weighted by Gasteiger charge is -2.26. The van der Waals surface area contributed by atoms with E-state index in [2.05, 4.69) is 46.6 Å². The number of anilines is 1. The van der Waals surface area contributed by atoms with E-state index in [0.29, 0.717) is 16.0 Å². The Kier molecular flexibility index (Phi) is 3.85. The summed E-state index contributed by atoms with van der Waals surface area (Å²) in [5, 5.41) is 0.937. The van der Waals surface area contributed by atoms with Gasteiger partial charge in [-0.05, 0) is 61.0 Å². The fourth-order valence-electron chi connectivity index (χ4n) is 2.07. The number of pyridine rings is 1. The molecule has 2 rings (SSSR count). The summed E-state index contributed by atoms with van der Waals surface area (Å²) in [6, 6.07) is 7.53. The SMILES string of the molecule is CCN(c1ccc2ccc(F)c(Br)c2n1)C(C)C. The Balaban J connectivity index is 2.58. The third-order valence-electron chi connectivity index (χ3n) is 3.00. The van der Waals surface area contributed by atoms with Gasteiger partial charge < -0.3 is 4.90 Å². The van der Waals surface area contributed by atoms with Gasteiger partial charge in [0.2, 0.25) is 0 Å². The predicted octanol–water partition coefficient (Wildman–Crippen LogP) is 4.37. The molecule has 2 aromatic rings. The van der Waals surface area contributed by atoms with Crippen LogP contribution in [-0.2, 0) is 0 Å². The molecule has 0 aliphatic carbocycles. The highest BCUT2D eigenvalue weighted by Gasteiger charge is 2.12. The molecule has 0 spiro atoms. The Morgan fingerprint density at radius 1 is 1.28 bits per heavy atom. The standard InChI is InChI=1S/C14H16BrFN2/c1-4-18(9(2)3)12-8-6-10-5-7-11(16)13(15)14(10)17-12/h5-9H,4H2,1-3H3. The minimum atomic E-state index is -0.278. The van der Waals surface area contributed by atoms with Crippen LogP contribution in [0.25, 0.3) is 10.9 Å². The second kappa shape index (κ2) is 5.22. The Morgan fingerprint density at radius 2 is 1.94 bits per heavy atom. The molecule has 4 heteroatoms. The first kappa shape index (κ1) is 13.3. The minimum absolute atomic E-state index is 0.278. The Bertz CT molecular complexity index is 569. The van der Waals surface area contributed by atoms with Crippen LogP contribution in [0.4, 0.5) is 10.2 Å². The van der Waals surface area contributed by atoms with Crippen molar-refractivity contribution in [2.45, 2.75) is 26.8 Å². The van der Waals surface area contributed by atoms with Crippen molar-refractivity contribution in [3.8, 4) is 0 Å². The molecule has 1 heterocycles. The molecule has 0 fully saturated rings. The molecule has 0 saturated carbocycles. The first-order valence-corrected chi connectivity index (χ1v) is 6.85. The summed E-state index contributed by atoms with van der Waals surface area (Å²) in [5.74, 6) is 0.603. The second-order valence-electron chi connectivity index (χ2n) is 4.48. The average molecular weight is 311 g/mol. The number of rotatable bonds is 3. The number of halogens is 2. The lowest BCUT2D eigenvalue weighted by atomic mass is 10.2. The molecule has 1 aromatic carbocycles. The molecule has 0 aliphatic heterocycles. The van der Waals surface area contributed by atoms with Gasteiger partial charge in [-0.15, -0.1) is 0 Å². The lowest BCUT2D eigenvalue weighted by molar-refractivity contribution is 0.623. The number of hydrogen-bond acceptors (Lipinski definition) is 2. The predicted molar refractivity (Wildman–Crippen MR) is 77.6 cm³/mol. The zero-order valence-corrected chi connectivity index (χ0v) is 12.3. The molecule has 0 aliphatic rings. The number of benzene rings is 1. The van der Waals surface area contributed by atoms with Crippen molar-refractivity contribution < 1.29 is 4.39 Å². The van der Waals surface area contributed by atoms with Crippen molar-refractivity contribution in [2.75, 3.05) is 11.4 Å².